The number of pyridine rings is 1. The van der Waals surface area contributed by atoms with Crippen molar-refractivity contribution >= 4 is 20.9 Å². The van der Waals surface area contributed by atoms with Crippen LogP contribution in [0.2, 0.25) is 0 Å². The van der Waals surface area contributed by atoms with Gasteiger partial charge in [-0.1, -0.05) is 12.1 Å². The number of fused-ring (bicyclic) bond motifs is 1. The molecule has 1 saturated heterocycles. The fourth-order valence-corrected chi connectivity index (χ4v) is 4.29. The Bertz CT molecular complexity index is 783. The van der Waals surface area contributed by atoms with E-state index in [9.17, 15) is 8.42 Å². The van der Waals surface area contributed by atoms with E-state index < -0.39 is 10.0 Å². The predicted molar refractivity (Wildman–Crippen MR) is 85.2 cm³/mol. The van der Waals surface area contributed by atoms with Crippen LogP contribution in [0.4, 0.5) is 0 Å². The maximum Gasteiger partial charge on any atom is 0.243 e. The van der Waals surface area contributed by atoms with Crippen LogP contribution in [0.5, 0.6) is 0 Å². The van der Waals surface area contributed by atoms with Gasteiger partial charge in [-0.25, -0.2) is 13.1 Å². The lowest BCUT2D eigenvalue weighted by molar-refractivity contribution is 0.0902. The van der Waals surface area contributed by atoms with E-state index in [-0.39, 0.29) is 17.0 Å². The molecule has 1 N–H and O–H groups in total. The molecule has 5 nitrogen and oxygen atoms in total. The molecule has 0 unspecified atom stereocenters. The molecule has 1 aliphatic rings. The van der Waals surface area contributed by atoms with Crippen LogP contribution in [0, 0.1) is 6.92 Å². The molecule has 3 rings (SSSR count). The Morgan fingerprint density at radius 3 is 2.95 bits per heavy atom. The van der Waals surface area contributed by atoms with Crippen LogP contribution in [-0.2, 0) is 14.8 Å². The monoisotopic (exact) mass is 320 g/mol. The Labute approximate surface area is 130 Å². The number of para-hydroxylation sites is 1. The van der Waals surface area contributed by atoms with Gasteiger partial charge in [-0.2, -0.15) is 0 Å². The lowest BCUT2D eigenvalue weighted by Gasteiger charge is -2.20. The summed E-state index contributed by atoms with van der Waals surface area (Å²) in [5.41, 5.74) is 1.50. The zero-order valence-electron chi connectivity index (χ0n) is 12.7. The molecule has 0 radical (unpaired) electrons. The molecule has 22 heavy (non-hydrogen) atoms. The maximum atomic E-state index is 12.7. The fraction of sp³-hybridized carbons (Fsp3) is 0.438. The van der Waals surface area contributed by atoms with Crippen LogP contribution < -0.4 is 4.72 Å². The lowest BCUT2D eigenvalue weighted by Crippen LogP contribution is -2.40. The number of aryl methyl sites for hydroxylation is 1. The molecule has 1 aliphatic heterocycles. The molecule has 2 aromatic rings. The first-order valence-corrected chi connectivity index (χ1v) is 8.95. The molecule has 0 saturated carbocycles. The molecule has 0 aliphatic carbocycles. The van der Waals surface area contributed by atoms with Gasteiger partial charge in [0.05, 0.1) is 11.6 Å². The normalized spacial score (nSPS) is 20.4. The summed E-state index contributed by atoms with van der Waals surface area (Å²) in [7, 11) is -3.63. The third-order valence-electron chi connectivity index (χ3n) is 3.96. The van der Waals surface area contributed by atoms with Crippen molar-refractivity contribution in [3.63, 3.8) is 0 Å². The molecule has 0 spiro atoms. The predicted octanol–water partition coefficient (Wildman–Crippen LogP) is 2.39. The smallest absolute Gasteiger partial charge is 0.243 e. The highest BCUT2D eigenvalue weighted by Gasteiger charge is 2.28. The van der Waals surface area contributed by atoms with E-state index in [1.165, 1.54) is 0 Å². The summed E-state index contributed by atoms with van der Waals surface area (Å²) in [6, 6.07) is 6.89. The van der Waals surface area contributed by atoms with Crippen LogP contribution in [0.3, 0.4) is 0 Å². The summed E-state index contributed by atoms with van der Waals surface area (Å²) in [6.07, 6.45) is 3.49. The minimum Gasteiger partial charge on any atom is -0.377 e. The SMILES string of the molecule is Cc1cnc2c(S(=O)(=O)N[C@H](C)[C@H]3CCCO3)cccc2c1. The van der Waals surface area contributed by atoms with Gasteiger partial charge >= 0.3 is 0 Å². The summed E-state index contributed by atoms with van der Waals surface area (Å²) in [6.45, 7) is 4.48. The van der Waals surface area contributed by atoms with Gasteiger partial charge < -0.3 is 4.74 Å². The molecular formula is C16H20N2O3S. The number of rotatable bonds is 4. The maximum absolute atomic E-state index is 12.7. The van der Waals surface area contributed by atoms with E-state index in [0.29, 0.717) is 12.1 Å². The van der Waals surface area contributed by atoms with E-state index >= 15 is 0 Å². The molecule has 0 amide bonds. The van der Waals surface area contributed by atoms with Gasteiger partial charge in [0, 0.05) is 24.2 Å². The zero-order valence-corrected chi connectivity index (χ0v) is 13.6. The second-order valence-electron chi connectivity index (χ2n) is 5.80. The van der Waals surface area contributed by atoms with Gasteiger partial charge in [0.15, 0.2) is 0 Å². The van der Waals surface area contributed by atoms with Crippen LogP contribution in [0.25, 0.3) is 10.9 Å². The fourth-order valence-electron chi connectivity index (χ4n) is 2.84. The second-order valence-corrected chi connectivity index (χ2v) is 7.48. The van der Waals surface area contributed by atoms with Crippen LogP contribution in [0.1, 0.15) is 25.3 Å². The number of ether oxygens (including phenoxy) is 1. The lowest BCUT2D eigenvalue weighted by atomic mass is 10.1. The number of aromatic nitrogens is 1. The molecule has 6 heteroatoms. The zero-order chi connectivity index (χ0) is 15.7. The Kier molecular flexibility index (Phi) is 4.16. The van der Waals surface area contributed by atoms with Gasteiger partial charge in [-0.3, -0.25) is 4.98 Å². The van der Waals surface area contributed by atoms with Gasteiger partial charge in [-0.05, 0) is 44.4 Å². The Morgan fingerprint density at radius 2 is 2.23 bits per heavy atom. The van der Waals surface area contributed by atoms with Crippen molar-refractivity contribution < 1.29 is 13.2 Å². The van der Waals surface area contributed by atoms with Crippen molar-refractivity contribution in [3.8, 4) is 0 Å². The van der Waals surface area contributed by atoms with Gasteiger partial charge in [0.1, 0.15) is 4.90 Å². The van der Waals surface area contributed by atoms with Crippen molar-refractivity contribution in [2.75, 3.05) is 6.61 Å². The van der Waals surface area contributed by atoms with Crippen molar-refractivity contribution in [1.29, 1.82) is 0 Å². The van der Waals surface area contributed by atoms with Gasteiger partial charge in [0.25, 0.3) is 0 Å². The summed E-state index contributed by atoms with van der Waals surface area (Å²) in [4.78, 5) is 4.52. The van der Waals surface area contributed by atoms with E-state index in [2.05, 4.69) is 9.71 Å². The summed E-state index contributed by atoms with van der Waals surface area (Å²) in [5, 5.41) is 0.827. The highest BCUT2D eigenvalue weighted by molar-refractivity contribution is 7.89. The molecular weight excluding hydrogens is 300 g/mol. The molecule has 1 aromatic heterocycles. The topological polar surface area (TPSA) is 68.3 Å². The first-order chi connectivity index (χ1) is 10.5. The molecule has 2 heterocycles. The third kappa shape index (κ3) is 2.99. The first-order valence-electron chi connectivity index (χ1n) is 7.47. The highest BCUT2D eigenvalue weighted by atomic mass is 32.2. The summed E-state index contributed by atoms with van der Waals surface area (Å²) < 4.78 is 33.7. The van der Waals surface area contributed by atoms with Crippen molar-refractivity contribution in [2.45, 2.75) is 43.7 Å². The molecule has 1 aromatic carbocycles. The van der Waals surface area contributed by atoms with E-state index in [1.54, 1.807) is 18.3 Å². The second kappa shape index (κ2) is 5.95. The van der Waals surface area contributed by atoms with Gasteiger partial charge in [-0.15, -0.1) is 0 Å². The van der Waals surface area contributed by atoms with Crippen molar-refractivity contribution in [2.24, 2.45) is 0 Å². The number of nitrogens with zero attached hydrogens (tertiary/aromatic N) is 1. The standard InChI is InChI=1S/C16H20N2O3S/c1-11-9-13-5-3-7-15(16(13)17-10-11)22(19,20)18-12(2)14-6-4-8-21-14/h3,5,7,9-10,12,14,18H,4,6,8H2,1-2H3/t12-,14-/m1/s1. The van der Waals surface area contributed by atoms with Crippen LogP contribution in [0.15, 0.2) is 35.4 Å². The summed E-state index contributed by atoms with van der Waals surface area (Å²) >= 11 is 0. The van der Waals surface area contributed by atoms with E-state index in [0.717, 1.165) is 23.8 Å². The van der Waals surface area contributed by atoms with Crippen molar-refractivity contribution in [3.05, 3.63) is 36.0 Å². The molecule has 1 fully saturated rings. The number of benzene rings is 1. The van der Waals surface area contributed by atoms with E-state index in [1.807, 2.05) is 26.0 Å². The minimum absolute atomic E-state index is 0.0556. The first kappa shape index (κ1) is 15.4. The molecule has 118 valence electrons. The minimum atomic E-state index is -3.63. The Hall–Kier alpha value is -1.50. The summed E-state index contributed by atoms with van der Waals surface area (Å²) in [5.74, 6) is 0. The number of nitrogens with one attached hydrogen (secondary N) is 1. The average Bonchev–Trinajstić information content (AvgIpc) is 3.00. The highest BCUT2D eigenvalue weighted by Crippen LogP contribution is 2.23. The third-order valence-corrected chi connectivity index (χ3v) is 5.55. The Morgan fingerprint density at radius 1 is 1.41 bits per heavy atom. The number of hydrogen-bond acceptors (Lipinski definition) is 4. The van der Waals surface area contributed by atoms with Crippen molar-refractivity contribution in [1.82, 2.24) is 9.71 Å². The molecule has 2 atom stereocenters. The molecule has 0 bridgehead atoms. The largest absolute Gasteiger partial charge is 0.377 e. The average molecular weight is 320 g/mol. The number of hydrogen-bond donors (Lipinski definition) is 1. The van der Waals surface area contributed by atoms with Gasteiger partial charge in [0.2, 0.25) is 10.0 Å². The number of sulfonamides is 1. The van der Waals surface area contributed by atoms with E-state index in [4.69, 9.17) is 4.74 Å². The quantitative estimate of drug-likeness (QED) is 0.939. The Balaban J connectivity index is 1.95. The van der Waals surface area contributed by atoms with Crippen LogP contribution >= 0.6 is 0 Å². The van der Waals surface area contributed by atoms with Crippen LogP contribution in [-0.4, -0.2) is 32.2 Å².